The predicted octanol–water partition coefficient (Wildman–Crippen LogP) is 0.611. The van der Waals surface area contributed by atoms with Gasteiger partial charge in [0.25, 0.3) is 0 Å². The van der Waals surface area contributed by atoms with Crippen molar-refractivity contribution in [3.8, 4) is 0 Å². The first-order chi connectivity index (χ1) is 9.14. The first kappa shape index (κ1) is 15.4. The van der Waals surface area contributed by atoms with Crippen LogP contribution >= 0.6 is 0 Å². The van der Waals surface area contributed by atoms with E-state index >= 15 is 0 Å². The highest BCUT2D eigenvalue weighted by molar-refractivity contribution is 7.92. The first-order valence-electron chi connectivity index (χ1n) is 6.22. The largest absolute Gasteiger partial charge is 0.244 e. The van der Waals surface area contributed by atoms with E-state index in [-0.39, 0.29) is 9.79 Å². The van der Waals surface area contributed by atoms with Crippen molar-refractivity contribution in [2.45, 2.75) is 23.1 Å². The van der Waals surface area contributed by atoms with Crippen LogP contribution in [0.1, 0.15) is 13.3 Å². The molecule has 0 aromatic heterocycles. The number of sulfonamides is 2. The van der Waals surface area contributed by atoms with Crippen molar-refractivity contribution in [2.75, 3.05) is 13.6 Å². The maximum Gasteiger partial charge on any atom is 0.244 e. The molecule has 0 radical (unpaired) electrons. The molecule has 0 bridgehead atoms. The average molecular weight is 318 g/mol. The molecule has 1 aliphatic carbocycles. The second kappa shape index (κ2) is 5.10. The van der Waals surface area contributed by atoms with Crippen LogP contribution in [0.5, 0.6) is 0 Å². The van der Waals surface area contributed by atoms with Crippen LogP contribution in [0.15, 0.2) is 34.1 Å². The Kier molecular flexibility index (Phi) is 3.94. The van der Waals surface area contributed by atoms with Gasteiger partial charge in [-0.2, -0.15) is 0 Å². The molecule has 0 aliphatic heterocycles. The Labute approximate surface area is 119 Å². The molecule has 20 heavy (non-hydrogen) atoms. The maximum absolute atomic E-state index is 12.5. The summed E-state index contributed by atoms with van der Waals surface area (Å²) in [6.07, 6.45) is 0.997. The normalized spacial score (nSPS) is 23.0. The fourth-order valence-corrected chi connectivity index (χ4v) is 4.73. The molecule has 1 saturated carbocycles. The Morgan fingerprint density at radius 1 is 1.20 bits per heavy atom. The smallest absolute Gasteiger partial charge is 0.225 e. The molecule has 1 aromatic carbocycles. The standard InChI is InChI=1S/C12H18N2O4S2/c1-9-7-10(9)8-14(2)20(17,18)12-6-4-3-5-11(12)19(13,15)16/h3-6,9-10H,7-8H2,1-2H3,(H2,13,15,16). The molecule has 112 valence electrons. The van der Waals surface area contributed by atoms with Crippen molar-refractivity contribution < 1.29 is 16.8 Å². The van der Waals surface area contributed by atoms with Gasteiger partial charge in [0.1, 0.15) is 9.79 Å². The summed E-state index contributed by atoms with van der Waals surface area (Å²) in [5.74, 6) is 0.859. The van der Waals surface area contributed by atoms with E-state index < -0.39 is 20.0 Å². The van der Waals surface area contributed by atoms with Gasteiger partial charge in [-0.25, -0.2) is 26.3 Å². The summed E-state index contributed by atoms with van der Waals surface area (Å²) < 4.78 is 49.2. The molecule has 1 fully saturated rings. The summed E-state index contributed by atoms with van der Waals surface area (Å²) in [7, 11) is -6.48. The fraction of sp³-hybridized carbons (Fsp3) is 0.500. The zero-order chi connectivity index (χ0) is 15.1. The van der Waals surface area contributed by atoms with Crippen LogP contribution in [0.2, 0.25) is 0 Å². The van der Waals surface area contributed by atoms with Crippen molar-refractivity contribution in [1.29, 1.82) is 0 Å². The third kappa shape index (κ3) is 3.03. The minimum absolute atomic E-state index is 0.265. The van der Waals surface area contributed by atoms with Gasteiger partial charge >= 0.3 is 0 Å². The molecule has 0 saturated heterocycles. The topological polar surface area (TPSA) is 97.5 Å². The van der Waals surface area contributed by atoms with Gasteiger partial charge in [0.2, 0.25) is 20.0 Å². The molecule has 2 unspecified atom stereocenters. The van der Waals surface area contributed by atoms with Gasteiger partial charge in [0, 0.05) is 13.6 Å². The van der Waals surface area contributed by atoms with Crippen molar-refractivity contribution in [2.24, 2.45) is 17.0 Å². The van der Waals surface area contributed by atoms with Crippen molar-refractivity contribution >= 4 is 20.0 Å². The highest BCUT2D eigenvalue weighted by Crippen LogP contribution is 2.39. The van der Waals surface area contributed by atoms with Gasteiger partial charge in [0.15, 0.2) is 0 Å². The van der Waals surface area contributed by atoms with Crippen LogP contribution in [0.3, 0.4) is 0 Å². The zero-order valence-corrected chi connectivity index (χ0v) is 13.0. The lowest BCUT2D eigenvalue weighted by atomic mass is 10.3. The van der Waals surface area contributed by atoms with Crippen LogP contribution < -0.4 is 5.14 Å². The van der Waals surface area contributed by atoms with E-state index in [2.05, 4.69) is 6.92 Å². The number of primary sulfonamides is 1. The van der Waals surface area contributed by atoms with E-state index in [0.29, 0.717) is 18.4 Å². The molecule has 0 spiro atoms. The molecule has 2 N–H and O–H groups in total. The molecule has 6 nitrogen and oxygen atoms in total. The van der Waals surface area contributed by atoms with Crippen LogP contribution in [0.4, 0.5) is 0 Å². The number of nitrogens with two attached hydrogens (primary N) is 1. The molecular formula is C12H18N2O4S2. The summed E-state index contributed by atoms with van der Waals surface area (Å²) in [5, 5.41) is 5.08. The fourth-order valence-electron chi connectivity index (χ4n) is 2.15. The van der Waals surface area contributed by atoms with Gasteiger partial charge < -0.3 is 0 Å². The number of benzene rings is 1. The van der Waals surface area contributed by atoms with E-state index in [1.165, 1.54) is 35.6 Å². The molecule has 2 atom stereocenters. The summed E-state index contributed by atoms with van der Waals surface area (Å²) >= 11 is 0. The molecule has 1 aromatic rings. The highest BCUT2D eigenvalue weighted by Gasteiger charge is 2.37. The van der Waals surface area contributed by atoms with Gasteiger partial charge in [-0.15, -0.1) is 0 Å². The Bertz CT molecular complexity index is 713. The minimum atomic E-state index is -4.08. The summed E-state index contributed by atoms with van der Waals surface area (Å²) in [6, 6.07) is 5.40. The van der Waals surface area contributed by atoms with Gasteiger partial charge in [-0.3, -0.25) is 0 Å². The first-order valence-corrected chi connectivity index (χ1v) is 9.21. The van der Waals surface area contributed by atoms with Gasteiger partial charge in [-0.1, -0.05) is 19.1 Å². The molecule has 0 heterocycles. The van der Waals surface area contributed by atoms with E-state index in [4.69, 9.17) is 5.14 Å². The lowest BCUT2D eigenvalue weighted by Gasteiger charge is -2.18. The summed E-state index contributed by atoms with van der Waals surface area (Å²) in [5.41, 5.74) is 0. The van der Waals surface area contributed by atoms with Crippen molar-refractivity contribution in [1.82, 2.24) is 4.31 Å². The third-order valence-electron chi connectivity index (χ3n) is 3.61. The van der Waals surface area contributed by atoms with Gasteiger partial charge in [0.05, 0.1) is 0 Å². The third-order valence-corrected chi connectivity index (χ3v) is 6.59. The Morgan fingerprint density at radius 3 is 2.15 bits per heavy atom. The number of nitrogens with zero attached hydrogens (tertiary/aromatic N) is 1. The van der Waals surface area contributed by atoms with E-state index in [1.54, 1.807) is 0 Å². The SMILES string of the molecule is CC1CC1CN(C)S(=O)(=O)c1ccccc1S(N)(=O)=O. The number of rotatable bonds is 5. The highest BCUT2D eigenvalue weighted by atomic mass is 32.2. The summed E-state index contributed by atoms with van der Waals surface area (Å²) in [6.45, 7) is 2.45. The van der Waals surface area contributed by atoms with Crippen molar-refractivity contribution in [3.05, 3.63) is 24.3 Å². The number of hydrogen-bond acceptors (Lipinski definition) is 4. The Balaban J connectivity index is 2.39. The second-order valence-electron chi connectivity index (χ2n) is 5.25. The van der Waals surface area contributed by atoms with Crippen molar-refractivity contribution in [3.63, 3.8) is 0 Å². The quantitative estimate of drug-likeness (QED) is 0.860. The Hall–Kier alpha value is -0.960. The maximum atomic E-state index is 12.5. The van der Waals surface area contributed by atoms with E-state index in [1.807, 2.05) is 0 Å². The Morgan fingerprint density at radius 2 is 1.70 bits per heavy atom. The van der Waals surface area contributed by atoms with E-state index in [9.17, 15) is 16.8 Å². The number of hydrogen-bond donors (Lipinski definition) is 1. The average Bonchev–Trinajstić information content (AvgIpc) is 3.03. The predicted molar refractivity (Wildman–Crippen MR) is 74.9 cm³/mol. The van der Waals surface area contributed by atoms with Crippen LogP contribution in [-0.4, -0.2) is 34.7 Å². The molecule has 0 amide bonds. The second-order valence-corrected chi connectivity index (χ2v) is 8.79. The molecule has 2 rings (SSSR count). The van der Waals surface area contributed by atoms with Crippen LogP contribution in [0, 0.1) is 11.8 Å². The lowest BCUT2D eigenvalue weighted by Crippen LogP contribution is -2.31. The summed E-state index contributed by atoms with van der Waals surface area (Å²) in [4.78, 5) is -0.631. The molecular weight excluding hydrogens is 300 g/mol. The molecule has 8 heteroatoms. The monoisotopic (exact) mass is 318 g/mol. The van der Waals surface area contributed by atoms with Crippen LogP contribution in [-0.2, 0) is 20.0 Å². The molecule has 1 aliphatic rings. The van der Waals surface area contributed by atoms with Crippen LogP contribution in [0.25, 0.3) is 0 Å². The lowest BCUT2D eigenvalue weighted by molar-refractivity contribution is 0.443. The van der Waals surface area contributed by atoms with Gasteiger partial charge in [-0.05, 0) is 30.4 Å². The zero-order valence-electron chi connectivity index (χ0n) is 11.4. The van der Waals surface area contributed by atoms with E-state index in [0.717, 1.165) is 6.42 Å². The minimum Gasteiger partial charge on any atom is -0.225 e.